The minimum atomic E-state index is 0.545. The molecule has 0 spiro atoms. The van der Waals surface area contributed by atoms with Crippen molar-refractivity contribution in [3.63, 3.8) is 0 Å². The largest absolute Gasteiger partial charge is 0.497 e. The van der Waals surface area contributed by atoms with Gasteiger partial charge in [-0.1, -0.05) is 12.1 Å². The molecule has 2 heterocycles. The summed E-state index contributed by atoms with van der Waals surface area (Å²) in [6, 6.07) is 10.3. The zero-order chi connectivity index (χ0) is 15.4. The van der Waals surface area contributed by atoms with Gasteiger partial charge in [0.1, 0.15) is 5.75 Å². The lowest BCUT2D eigenvalue weighted by Crippen LogP contribution is -2.32. The second-order valence-electron chi connectivity index (χ2n) is 5.66. The van der Waals surface area contributed by atoms with Crippen LogP contribution in [-0.4, -0.2) is 37.4 Å². The first-order valence-corrected chi connectivity index (χ1v) is 7.64. The number of hydrogen-bond acceptors (Lipinski definition) is 5. The summed E-state index contributed by atoms with van der Waals surface area (Å²) in [4.78, 5) is 2.40. The van der Waals surface area contributed by atoms with Crippen molar-refractivity contribution in [1.29, 1.82) is 0 Å². The minimum absolute atomic E-state index is 0.545. The molecule has 0 unspecified atom stereocenters. The molecule has 0 saturated carbocycles. The molecule has 0 N–H and O–H groups in total. The van der Waals surface area contributed by atoms with Gasteiger partial charge in [0.15, 0.2) is 5.76 Å². The molecule has 1 aromatic heterocycles. The number of piperidine rings is 1. The third-order valence-electron chi connectivity index (χ3n) is 4.30. The number of methoxy groups -OCH3 is 2. The van der Waals surface area contributed by atoms with Gasteiger partial charge in [-0.15, -0.1) is 0 Å². The van der Waals surface area contributed by atoms with Gasteiger partial charge in [-0.2, -0.15) is 0 Å². The topological polar surface area (TPSA) is 47.7 Å². The molecular weight excluding hydrogens is 280 g/mol. The van der Waals surface area contributed by atoms with Crippen molar-refractivity contribution >= 4 is 0 Å². The van der Waals surface area contributed by atoms with E-state index < -0.39 is 0 Å². The van der Waals surface area contributed by atoms with Crippen LogP contribution >= 0.6 is 0 Å². The van der Waals surface area contributed by atoms with E-state index in [1.165, 1.54) is 5.56 Å². The van der Waals surface area contributed by atoms with Gasteiger partial charge in [-0.3, -0.25) is 4.90 Å². The number of ether oxygens (including phenoxy) is 2. The molecule has 1 aliphatic heterocycles. The summed E-state index contributed by atoms with van der Waals surface area (Å²) in [5.41, 5.74) is 1.40. The summed E-state index contributed by atoms with van der Waals surface area (Å²) in [6.07, 6.45) is 2.33. The molecule has 3 rings (SSSR count). The van der Waals surface area contributed by atoms with Gasteiger partial charge >= 0.3 is 0 Å². The van der Waals surface area contributed by atoms with Crippen molar-refractivity contribution in [2.75, 3.05) is 27.3 Å². The molecule has 5 heteroatoms. The van der Waals surface area contributed by atoms with Crippen molar-refractivity contribution in [2.45, 2.75) is 25.3 Å². The number of hydrogen-bond donors (Lipinski definition) is 0. The molecule has 1 aliphatic rings. The van der Waals surface area contributed by atoms with Crippen LogP contribution in [0.3, 0.4) is 0 Å². The van der Waals surface area contributed by atoms with Crippen LogP contribution in [0.4, 0.5) is 0 Å². The summed E-state index contributed by atoms with van der Waals surface area (Å²) in [5.74, 6) is 2.95. The van der Waals surface area contributed by atoms with Crippen LogP contribution in [0.1, 0.15) is 30.1 Å². The molecule has 0 atom stereocenters. The highest BCUT2D eigenvalue weighted by atomic mass is 16.5. The van der Waals surface area contributed by atoms with Crippen LogP contribution in [0, 0.1) is 0 Å². The average Bonchev–Trinajstić information content (AvgIpc) is 3.03. The fourth-order valence-corrected chi connectivity index (χ4v) is 2.99. The minimum Gasteiger partial charge on any atom is -0.497 e. The first-order chi connectivity index (χ1) is 10.8. The molecule has 118 valence electrons. The average molecular weight is 302 g/mol. The number of likely N-dealkylation sites (tertiary alicyclic amines) is 1. The van der Waals surface area contributed by atoms with Crippen molar-refractivity contribution in [2.24, 2.45) is 0 Å². The summed E-state index contributed by atoms with van der Waals surface area (Å²) in [5, 5.41) is 3.84. The van der Waals surface area contributed by atoms with Crippen LogP contribution in [0.2, 0.25) is 0 Å². The van der Waals surface area contributed by atoms with Gasteiger partial charge in [0.25, 0.3) is 5.88 Å². The first kappa shape index (κ1) is 14.9. The van der Waals surface area contributed by atoms with Crippen LogP contribution in [0.15, 0.2) is 34.9 Å². The van der Waals surface area contributed by atoms with E-state index >= 15 is 0 Å². The highest BCUT2D eigenvalue weighted by Gasteiger charge is 2.21. The zero-order valence-corrected chi connectivity index (χ0v) is 13.1. The van der Waals surface area contributed by atoms with Crippen molar-refractivity contribution < 1.29 is 14.0 Å². The Morgan fingerprint density at radius 2 is 1.86 bits per heavy atom. The lowest BCUT2D eigenvalue weighted by molar-refractivity contribution is 0.183. The quantitative estimate of drug-likeness (QED) is 0.849. The molecule has 1 aromatic carbocycles. The van der Waals surface area contributed by atoms with Gasteiger partial charge in [-0.05, 0) is 54.7 Å². The van der Waals surface area contributed by atoms with Gasteiger partial charge in [0, 0.05) is 6.07 Å². The predicted octanol–water partition coefficient (Wildman–Crippen LogP) is 3.07. The maximum atomic E-state index is 5.26. The Balaban J connectivity index is 1.53. The van der Waals surface area contributed by atoms with Crippen molar-refractivity contribution in [3.05, 3.63) is 41.7 Å². The van der Waals surface area contributed by atoms with Crippen LogP contribution in [0.25, 0.3) is 0 Å². The van der Waals surface area contributed by atoms with E-state index in [2.05, 4.69) is 22.2 Å². The van der Waals surface area contributed by atoms with Gasteiger partial charge in [0.2, 0.25) is 0 Å². The summed E-state index contributed by atoms with van der Waals surface area (Å²) < 4.78 is 15.5. The maximum Gasteiger partial charge on any atom is 0.254 e. The van der Waals surface area contributed by atoms with Crippen LogP contribution in [0.5, 0.6) is 11.6 Å². The smallest absolute Gasteiger partial charge is 0.254 e. The Morgan fingerprint density at radius 3 is 2.45 bits per heavy atom. The predicted molar refractivity (Wildman–Crippen MR) is 83.3 cm³/mol. The lowest BCUT2D eigenvalue weighted by Gasteiger charge is -2.31. The van der Waals surface area contributed by atoms with E-state index in [-0.39, 0.29) is 0 Å². The molecule has 0 amide bonds. The van der Waals surface area contributed by atoms with Gasteiger partial charge in [-0.25, -0.2) is 0 Å². The second kappa shape index (κ2) is 6.83. The van der Waals surface area contributed by atoms with E-state index in [9.17, 15) is 0 Å². The summed E-state index contributed by atoms with van der Waals surface area (Å²) in [7, 11) is 3.30. The number of aromatic nitrogens is 1. The molecule has 22 heavy (non-hydrogen) atoms. The van der Waals surface area contributed by atoms with Gasteiger partial charge in [0.05, 0.1) is 20.8 Å². The Kier molecular flexibility index (Phi) is 4.63. The number of rotatable bonds is 5. The van der Waals surface area contributed by atoms with Crippen LogP contribution < -0.4 is 9.47 Å². The van der Waals surface area contributed by atoms with Gasteiger partial charge < -0.3 is 14.0 Å². The lowest BCUT2D eigenvalue weighted by atomic mass is 9.89. The molecule has 1 fully saturated rings. The highest BCUT2D eigenvalue weighted by molar-refractivity contribution is 5.29. The Morgan fingerprint density at radius 1 is 1.14 bits per heavy atom. The maximum absolute atomic E-state index is 5.26. The Hall–Kier alpha value is -2.01. The van der Waals surface area contributed by atoms with Crippen molar-refractivity contribution in [1.82, 2.24) is 10.1 Å². The van der Waals surface area contributed by atoms with E-state index in [0.717, 1.165) is 44.0 Å². The fourth-order valence-electron chi connectivity index (χ4n) is 2.99. The Bertz CT molecular complexity index is 586. The molecule has 1 saturated heterocycles. The van der Waals surface area contributed by atoms with E-state index in [4.69, 9.17) is 14.0 Å². The standard InChI is InChI=1S/C17H22N2O3/c1-20-15-5-3-13(4-6-15)14-7-9-19(10-8-14)12-16-11-17(21-2)18-22-16/h3-6,11,14H,7-10,12H2,1-2H3. The number of benzene rings is 1. The molecular formula is C17H22N2O3. The van der Waals surface area contributed by atoms with E-state index in [1.54, 1.807) is 14.2 Å². The molecule has 0 radical (unpaired) electrons. The fraction of sp³-hybridized carbons (Fsp3) is 0.471. The highest BCUT2D eigenvalue weighted by Crippen LogP contribution is 2.30. The third kappa shape index (κ3) is 3.42. The summed E-state index contributed by atoms with van der Waals surface area (Å²) in [6.45, 7) is 2.94. The Labute approximate surface area is 130 Å². The summed E-state index contributed by atoms with van der Waals surface area (Å²) >= 11 is 0. The molecule has 5 nitrogen and oxygen atoms in total. The van der Waals surface area contributed by atoms with Crippen molar-refractivity contribution in [3.8, 4) is 11.6 Å². The zero-order valence-electron chi connectivity index (χ0n) is 13.1. The SMILES string of the molecule is COc1ccc(C2CCN(Cc3cc(OC)no3)CC2)cc1. The third-order valence-corrected chi connectivity index (χ3v) is 4.30. The monoisotopic (exact) mass is 302 g/mol. The number of nitrogens with zero attached hydrogens (tertiary/aromatic N) is 2. The van der Waals surface area contributed by atoms with Crippen LogP contribution in [-0.2, 0) is 6.54 Å². The van der Waals surface area contributed by atoms with E-state index in [1.807, 2.05) is 18.2 Å². The second-order valence-corrected chi connectivity index (χ2v) is 5.66. The molecule has 2 aromatic rings. The molecule has 0 aliphatic carbocycles. The normalized spacial score (nSPS) is 16.6. The molecule has 0 bridgehead atoms. The first-order valence-electron chi connectivity index (χ1n) is 7.64. The van der Waals surface area contributed by atoms with E-state index in [0.29, 0.717) is 11.8 Å².